The topological polar surface area (TPSA) is 83.8 Å². The lowest BCUT2D eigenvalue weighted by atomic mass is 10.0. The van der Waals surface area contributed by atoms with Crippen LogP contribution in [-0.2, 0) is 16.0 Å². The number of ether oxygens (including phenoxy) is 1. The Kier molecular flexibility index (Phi) is 6.17. The largest absolute Gasteiger partial charge is 0.508 e. The predicted molar refractivity (Wildman–Crippen MR) is 107 cm³/mol. The van der Waals surface area contributed by atoms with Crippen molar-refractivity contribution in [3.05, 3.63) is 65.2 Å². The Morgan fingerprint density at radius 1 is 1.26 bits per heavy atom. The zero-order valence-electron chi connectivity index (χ0n) is 14.8. The first-order valence-corrected chi connectivity index (χ1v) is 9.30. The summed E-state index contributed by atoms with van der Waals surface area (Å²) in [5.41, 5.74) is 6.41. The van der Waals surface area contributed by atoms with Crippen LogP contribution in [0.5, 0.6) is 5.75 Å². The fourth-order valence-electron chi connectivity index (χ4n) is 2.41. The number of phenolic OH excluding ortho intramolecular Hbond substituents is 1. The molecule has 6 nitrogen and oxygen atoms in total. The van der Waals surface area contributed by atoms with E-state index in [9.17, 15) is 9.90 Å². The molecule has 2 aromatic carbocycles. The summed E-state index contributed by atoms with van der Waals surface area (Å²) in [4.78, 5) is 15.7. The Hall–Kier alpha value is -3.19. The van der Waals surface area contributed by atoms with Crippen LogP contribution in [0.3, 0.4) is 0 Å². The van der Waals surface area contributed by atoms with E-state index in [4.69, 9.17) is 4.74 Å². The third-order valence-corrected chi connectivity index (χ3v) is 4.44. The molecule has 138 valence electrons. The van der Waals surface area contributed by atoms with Crippen molar-refractivity contribution in [3.8, 4) is 16.9 Å². The highest BCUT2D eigenvalue weighted by atomic mass is 32.1. The first kappa shape index (κ1) is 18.6. The molecule has 1 heterocycles. The highest BCUT2D eigenvalue weighted by Gasteiger charge is 2.07. The molecule has 0 aliphatic rings. The SMILES string of the molecule is CCOC(=O)Cc1csc(NN=Cc2ccc(-c3cccc(O)c3)cc2)n1. The van der Waals surface area contributed by atoms with E-state index in [1.165, 1.54) is 11.3 Å². The van der Waals surface area contributed by atoms with Crippen LogP contribution in [0.1, 0.15) is 18.2 Å². The maximum atomic E-state index is 11.4. The van der Waals surface area contributed by atoms with Gasteiger partial charge in [-0.3, -0.25) is 10.2 Å². The highest BCUT2D eigenvalue weighted by Crippen LogP contribution is 2.23. The van der Waals surface area contributed by atoms with E-state index in [1.54, 1.807) is 30.7 Å². The third kappa shape index (κ3) is 5.39. The second-order valence-electron chi connectivity index (χ2n) is 5.67. The zero-order valence-corrected chi connectivity index (χ0v) is 15.6. The predicted octanol–water partition coefficient (Wildman–Crippen LogP) is 4.07. The molecule has 0 bridgehead atoms. The van der Waals surface area contributed by atoms with Gasteiger partial charge >= 0.3 is 5.97 Å². The second-order valence-corrected chi connectivity index (χ2v) is 6.53. The normalized spacial score (nSPS) is 10.9. The molecule has 0 aliphatic carbocycles. The summed E-state index contributed by atoms with van der Waals surface area (Å²) in [7, 11) is 0. The molecule has 0 radical (unpaired) electrons. The molecule has 2 N–H and O–H groups in total. The van der Waals surface area contributed by atoms with E-state index < -0.39 is 0 Å². The molecule has 0 saturated heterocycles. The number of aromatic nitrogens is 1. The van der Waals surface area contributed by atoms with Crippen LogP contribution in [0, 0.1) is 0 Å². The minimum atomic E-state index is -0.287. The molecule has 0 spiro atoms. The Bertz CT molecular complexity index is 936. The number of hydrogen-bond acceptors (Lipinski definition) is 7. The van der Waals surface area contributed by atoms with Crippen molar-refractivity contribution in [1.29, 1.82) is 0 Å². The number of nitrogens with one attached hydrogen (secondary N) is 1. The van der Waals surface area contributed by atoms with Gasteiger partial charge in [0.05, 0.1) is 24.9 Å². The van der Waals surface area contributed by atoms with Crippen molar-refractivity contribution in [2.24, 2.45) is 5.10 Å². The summed E-state index contributed by atoms with van der Waals surface area (Å²) in [6, 6.07) is 15.0. The maximum Gasteiger partial charge on any atom is 0.311 e. The van der Waals surface area contributed by atoms with Gasteiger partial charge in [-0.25, -0.2) is 4.98 Å². The number of hydrogen-bond donors (Lipinski definition) is 2. The molecular weight excluding hydrogens is 362 g/mol. The smallest absolute Gasteiger partial charge is 0.311 e. The van der Waals surface area contributed by atoms with Gasteiger partial charge in [0.1, 0.15) is 5.75 Å². The van der Waals surface area contributed by atoms with Crippen molar-refractivity contribution in [2.75, 3.05) is 12.0 Å². The average Bonchev–Trinajstić information content (AvgIpc) is 3.09. The number of aromatic hydroxyl groups is 1. The quantitative estimate of drug-likeness (QED) is 0.366. The second kappa shape index (κ2) is 8.95. The van der Waals surface area contributed by atoms with E-state index in [2.05, 4.69) is 15.5 Å². The first-order chi connectivity index (χ1) is 13.1. The van der Waals surface area contributed by atoms with Crippen LogP contribution >= 0.6 is 11.3 Å². The minimum absolute atomic E-state index is 0.159. The monoisotopic (exact) mass is 381 g/mol. The van der Waals surface area contributed by atoms with Gasteiger partial charge in [0, 0.05) is 5.38 Å². The minimum Gasteiger partial charge on any atom is -0.508 e. The van der Waals surface area contributed by atoms with Crippen LogP contribution in [0.25, 0.3) is 11.1 Å². The van der Waals surface area contributed by atoms with Crippen LogP contribution in [0.2, 0.25) is 0 Å². The molecule has 0 amide bonds. The molecule has 27 heavy (non-hydrogen) atoms. The Balaban J connectivity index is 1.57. The van der Waals surface area contributed by atoms with Crippen molar-refractivity contribution < 1.29 is 14.6 Å². The lowest BCUT2D eigenvalue weighted by molar-refractivity contribution is -0.142. The highest BCUT2D eigenvalue weighted by molar-refractivity contribution is 7.13. The number of phenols is 1. The molecular formula is C20H19N3O3S. The molecule has 0 fully saturated rings. The van der Waals surface area contributed by atoms with Gasteiger partial charge in [0.15, 0.2) is 0 Å². The Morgan fingerprint density at radius 2 is 2.07 bits per heavy atom. The third-order valence-electron chi connectivity index (χ3n) is 3.65. The number of carbonyl (C=O) groups excluding carboxylic acids is 1. The van der Waals surface area contributed by atoms with Gasteiger partial charge < -0.3 is 9.84 Å². The van der Waals surface area contributed by atoms with Crippen LogP contribution in [-0.4, -0.2) is 28.9 Å². The average molecular weight is 381 g/mol. The van der Waals surface area contributed by atoms with Crippen molar-refractivity contribution >= 4 is 28.7 Å². The fourth-order valence-corrected chi connectivity index (χ4v) is 3.07. The van der Waals surface area contributed by atoms with Gasteiger partial charge in [0.2, 0.25) is 5.13 Å². The zero-order chi connectivity index (χ0) is 19.1. The first-order valence-electron chi connectivity index (χ1n) is 8.42. The Labute approximate surface area is 161 Å². The van der Waals surface area contributed by atoms with E-state index in [1.807, 2.05) is 36.4 Å². The lowest BCUT2D eigenvalue weighted by Gasteiger charge is -2.02. The Morgan fingerprint density at radius 3 is 2.81 bits per heavy atom. The molecule has 3 rings (SSSR count). The summed E-state index contributed by atoms with van der Waals surface area (Å²) in [6.07, 6.45) is 1.85. The van der Waals surface area contributed by atoms with E-state index in [0.717, 1.165) is 16.7 Å². The molecule has 3 aromatic rings. The van der Waals surface area contributed by atoms with Gasteiger partial charge in [-0.05, 0) is 35.7 Å². The summed E-state index contributed by atoms with van der Waals surface area (Å²) in [5, 5.41) is 16.2. The van der Waals surface area contributed by atoms with Crippen LogP contribution < -0.4 is 5.43 Å². The number of thiazole rings is 1. The number of carbonyl (C=O) groups is 1. The number of esters is 1. The standard InChI is InChI=1S/C20H19N3O3S/c1-2-26-19(25)11-17-13-27-20(22-17)23-21-12-14-6-8-15(9-7-14)16-4-3-5-18(24)10-16/h3-10,12-13,24H,2,11H2,1H3,(H,22,23). The molecule has 0 unspecified atom stereocenters. The number of nitrogens with zero attached hydrogens (tertiary/aromatic N) is 2. The number of benzene rings is 2. The number of anilines is 1. The summed E-state index contributed by atoms with van der Waals surface area (Å²) < 4.78 is 4.90. The molecule has 7 heteroatoms. The van der Waals surface area contributed by atoms with E-state index in [0.29, 0.717) is 17.4 Å². The lowest BCUT2D eigenvalue weighted by Crippen LogP contribution is -2.07. The summed E-state index contributed by atoms with van der Waals surface area (Å²) in [5.74, 6) is -0.0437. The molecule has 1 aromatic heterocycles. The molecule has 0 saturated carbocycles. The molecule has 0 atom stereocenters. The fraction of sp³-hybridized carbons (Fsp3) is 0.150. The van der Waals surface area contributed by atoms with Gasteiger partial charge in [0.25, 0.3) is 0 Å². The molecule has 0 aliphatic heterocycles. The maximum absolute atomic E-state index is 11.4. The van der Waals surface area contributed by atoms with Crippen molar-refractivity contribution in [3.63, 3.8) is 0 Å². The van der Waals surface area contributed by atoms with Gasteiger partial charge in [-0.15, -0.1) is 11.3 Å². The summed E-state index contributed by atoms with van der Waals surface area (Å²) >= 11 is 1.38. The van der Waals surface area contributed by atoms with E-state index >= 15 is 0 Å². The number of hydrazone groups is 1. The van der Waals surface area contributed by atoms with Gasteiger partial charge in [-0.2, -0.15) is 5.10 Å². The summed E-state index contributed by atoms with van der Waals surface area (Å²) in [6.45, 7) is 2.14. The number of rotatable bonds is 7. The van der Waals surface area contributed by atoms with E-state index in [-0.39, 0.29) is 18.1 Å². The van der Waals surface area contributed by atoms with Gasteiger partial charge in [-0.1, -0.05) is 36.4 Å². The van der Waals surface area contributed by atoms with Crippen molar-refractivity contribution in [1.82, 2.24) is 4.98 Å². The van der Waals surface area contributed by atoms with Crippen LogP contribution in [0.4, 0.5) is 5.13 Å². The van der Waals surface area contributed by atoms with Crippen LogP contribution in [0.15, 0.2) is 59.0 Å². The van der Waals surface area contributed by atoms with Crippen molar-refractivity contribution in [2.45, 2.75) is 13.3 Å².